The quantitative estimate of drug-likeness (QED) is 0.587. The van der Waals surface area contributed by atoms with Crippen molar-refractivity contribution in [2.45, 2.75) is 32.4 Å². The lowest BCUT2D eigenvalue weighted by atomic mass is 9.95. The number of hydrogen-bond donors (Lipinski definition) is 0. The van der Waals surface area contributed by atoms with E-state index in [1.807, 2.05) is 41.1 Å². The lowest BCUT2D eigenvalue weighted by molar-refractivity contribution is 0.150. The third kappa shape index (κ3) is 4.96. The second kappa shape index (κ2) is 10.00. The Kier molecular flexibility index (Phi) is 7.39. The average Bonchev–Trinajstić information content (AvgIpc) is 3.19. The molecule has 2 aromatic carbocycles. The van der Waals surface area contributed by atoms with Crippen LogP contribution < -0.4 is 4.74 Å². The summed E-state index contributed by atoms with van der Waals surface area (Å²) in [5, 5.41) is 12.6. The summed E-state index contributed by atoms with van der Waals surface area (Å²) in [6.07, 6.45) is 2.27. The van der Waals surface area contributed by atoms with E-state index >= 15 is 0 Å². The first-order chi connectivity index (χ1) is 14.1. The van der Waals surface area contributed by atoms with Crippen molar-refractivity contribution < 1.29 is 9.13 Å². The van der Waals surface area contributed by atoms with Crippen molar-refractivity contribution in [2.75, 3.05) is 20.2 Å². The summed E-state index contributed by atoms with van der Waals surface area (Å²) in [6.45, 7) is 4.80. The number of ether oxygens (including phenoxy) is 1. The molecule has 2 heterocycles. The van der Waals surface area contributed by atoms with Gasteiger partial charge in [0.25, 0.3) is 0 Å². The summed E-state index contributed by atoms with van der Waals surface area (Å²) in [7, 11) is 1.65. The van der Waals surface area contributed by atoms with Gasteiger partial charge in [-0.1, -0.05) is 31.2 Å². The molecule has 0 radical (unpaired) electrons. The number of piperidine rings is 1. The summed E-state index contributed by atoms with van der Waals surface area (Å²) in [5.74, 6) is 2.08. The lowest BCUT2D eigenvalue weighted by Gasteiger charge is -2.36. The molecule has 1 atom stereocenters. The summed E-state index contributed by atoms with van der Waals surface area (Å²) in [6, 6.07) is 14.5. The average molecular weight is 432 g/mol. The molecular weight excluding hydrogens is 405 g/mol. The van der Waals surface area contributed by atoms with E-state index in [0.717, 1.165) is 54.5 Å². The van der Waals surface area contributed by atoms with Crippen LogP contribution in [0.15, 0.2) is 48.5 Å². The van der Waals surface area contributed by atoms with Gasteiger partial charge in [0, 0.05) is 0 Å². The Labute approximate surface area is 182 Å². The minimum Gasteiger partial charge on any atom is -0.497 e. The Morgan fingerprint density at radius 3 is 2.37 bits per heavy atom. The summed E-state index contributed by atoms with van der Waals surface area (Å²) >= 11 is 0. The van der Waals surface area contributed by atoms with E-state index in [-0.39, 0.29) is 24.3 Å². The van der Waals surface area contributed by atoms with E-state index in [4.69, 9.17) is 4.74 Å². The van der Waals surface area contributed by atoms with Gasteiger partial charge in [-0.05, 0) is 77.7 Å². The Morgan fingerprint density at radius 1 is 1.07 bits per heavy atom. The van der Waals surface area contributed by atoms with Crippen molar-refractivity contribution >= 4 is 12.4 Å². The van der Waals surface area contributed by atoms with Crippen LogP contribution in [-0.2, 0) is 6.54 Å². The lowest BCUT2D eigenvalue weighted by Crippen LogP contribution is -2.38. The fourth-order valence-electron chi connectivity index (χ4n) is 3.88. The maximum Gasteiger partial charge on any atom is 0.173 e. The number of methoxy groups -OCH3 is 1. The number of tetrazole rings is 1. The molecule has 6 nitrogen and oxygen atoms in total. The largest absolute Gasteiger partial charge is 0.497 e. The topological polar surface area (TPSA) is 56.1 Å². The summed E-state index contributed by atoms with van der Waals surface area (Å²) < 4.78 is 20.6. The van der Waals surface area contributed by atoms with E-state index in [2.05, 4.69) is 27.3 Å². The van der Waals surface area contributed by atoms with Crippen LogP contribution >= 0.6 is 12.4 Å². The fourth-order valence-corrected chi connectivity index (χ4v) is 3.88. The molecule has 0 aliphatic carbocycles. The van der Waals surface area contributed by atoms with E-state index in [9.17, 15) is 4.39 Å². The first-order valence-corrected chi connectivity index (χ1v) is 10.0. The molecule has 30 heavy (non-hydrogen) atoms. The fraction of sp³-hybridized carbons (Fsp3) is 0.409. The van der Waals surface area contributed by atoms with Gasteiger partial charge in [-0.3, -0.25) is 4.90 Å². The minimum absolute atomic E-state index is 0. The number of halogens is 2. The minimum atomic E-state index is -0.238. The molecule has 1 fully saturated rings. The Hall–Kier alpha value is -2.51. The smallest absolute Gasteiger partial charge is 0.173 e. The van der Waals surface area contributed by atoms with E-state index in [0.29, 0.717) is 6.54 Å². The molecule has 8 heteroatoms. The number of rotatable bonds is 6. The first kappa shape index (κ1) is 22.2. The zero-order chi connectivity index (χ0) is 20.2. The molecule has 1 unspecified atom stereocenters. The first-order valence-electron chi connectivity index (χ1n) is 10.0. The molecule has 1 saturated heterocycles. The van der Waals surface area contributed by atoms with E-state index in [1.165, 1.54) is 12.1 Å². The van der Waals surface area contributed by atoms with Gasteiger partial charge in [0.1, 0.15) is 11.6 Å². The van der Waals surface area contributed by atoms with Gasteiger partial charge in [-0.25, -0.2) is 9.07 Å². The van der Waals surface area contributed by atoms with Gasteiger partial charge in [-0.15, -0.1) is 17.5 Å². The van der Waals surface area contributed by atoms with Crippen molar-refractivity contribution in [1.29, 1.82) is 0 Å². The van der Waals surface area contributed by atoms with Gasteiger partial charge in [0.15, 0.2) is 5.82 Å². The van der Waals surface area contributed by atoms with Crippen LogP contribution in [0.4, 0.5) is 4.39 Å². The highest BCUT2D eigenvalue weighted by molar-refractivity contribution is 5.85. The number of nitrogens with zero attached hydrogens (tertiary/aromatic N) is 5. The van der Waals surface area contributed by atoms with Gasteiger partial charge in [0.05, 0.1) is 19.7 Å². The molecule has 160 valence electrons. The highest BCUT2D eigenvalue weighted by atomic mass is 35.5. The van der Waals surface area contributed by atoms with Crippen LogP contribution in [-0.4, -0.2) is 45.3 Å². The summed E-state index contributed by atoms with van der Waals surface area (Å²) in [4.78, 5) is 2.41. The zero-order valence-electron chi connectivity index (χ0n) is 17.2. The molecule has 0 bridgehead atoms. The summed E-state index contributed by atoms with van der Waals surface area (Å²) in [5.41, 5.74) is 2.09. The van der Waals surface area contributed by atoms with Crippen LogP contribution in [0.3, 0.4) is 0 Å². The molecule has 3 aromatic rings. The van der Waals surface area contributed by atoms with Crippen LogP contribution in [0.25, 0.3) is 0 Å². The van der Waals surface area contributed by atoms with Crippen LogP contribution in [0.1, 0.15) is 42.8 Å². The Bertz CT molecular complexity index is 923. The molecule has 1 aliphatic heterocycles. The molecular formula is C22H27ClFN5O. The van der Waals surface area contributed by atoms with Crippen molar-refractivity contribution in [3.8, 4) is 5.75 Å². The SMILES string of the molecule is COc1ccc(Cn2nnnc2C(c2ccc(F)cc2)N2CCC(C)CC2)cc1.Cl. The predicted octanol–water partition coefficient (Wildman–Crippen LogP) is 4.11. The second-order valence-corrected chi connectivity index (χ2v) is 7.72. The van der Waals surface area contributed by atoms with Gasteiger partial charge in [-0.2, -0.15) is 0 Å². The number of hydrogen-bond acceptors (Lipinski definition) is 5. The maximum absolute atomic E-state index is 13.5. The van der Waals surface area contributed by atoms with Crippen molar-refractivity contribution in [3.63, 3.8) is 0 Å². The van der Waals surface area contributed by atoms with Crippen LogP contribution in [0.5, 0.6) is 5.75 Å². The molecule has 0 amide bonds. The van der Waals surface area contributed by atoms with E-state index < -0.39 is 0 Å². The molecule has 0 saturated carbocycles. The highest BCUT2D eigenvalue weighted by Crippen LogP contribution is 2.31. The van der Waals surface area contributed by atoms with E-state index in [1.54, 1.807) is 7.11 Å². The predicted molar refractivity (Wildman–Crippen MR) is 115 cm³/mol. The van der Waals surface area contributed by atoms with Crippen molar-refractivity contribution in [2.24, 2.45) is 5.92 Å². The number of likely N-dealkylation sites (tertiary alicyclic amines) is 1. The molecule has 0 spiro atoms. The maximum atomic E-state index is 13.5. The normalized spacial score (nSPS) is 16.1. The molecule has 1 aliphatic rings. The number of aromatic nitrogens is 4. The molecule has 1 aromatic heterocycles. The molecule has 4 rings (SSSR count). The van der Waals surface area contributed by atoms with Gasteiger partial charge >= 0.3 is 0 Å². The monoisotopic (exact) mass is 431 g/mol. The Balaban J connectivity index is 0.00000256. The van der Waals surface area contributed by atoms with Gasteiger partial charge in [0.2, 0.25) is 0 Å². The van der Waals surface area contributed by atoms with Crippen molar-refractivity contribution in [3.05, 3.63) is 71.3 Å². The standard InChI is InChI=1S/C22H26FN5O.ClH/c1-16-11-13-27(14-12-16)21(18-5-7-19(23)8-6-18)22-24-25-26-28(22)15-17-3-9-20(29-2)10-4-17;/h3-10,16,21H,11-15H2,1-2H3;1H. The third-order valence-electron chi connectivity index (χ3n) is 5.66. The van der Waals surface area contributed by atoms with Crippen LogP contribution in [0, 0.1) is 11.7 Å². The Morgan fingerprint density at radius 2 is 1.73 bits per heavy atom. The van der Waals surface area contributed by atoms with Crippen LogP contribution in [0.2, 0.25) is 0 Å². The molecule has 0 N–H and O–H groups in total. The zero-order valence-corrected chi connectivity index (χ0v) is 18.1. The highest BCUT2D eigenvalue weighted by Gasteiger charge is 2.30. The second-order valence-electron chi connectivity index (χ2n) is 7.72. The number of benzene rings is 2. The third-order valence-corrected chi connectivity index (χ3v) is 5.66. The van der Waals surface area contributed by atoms with Crippen molar-refractivity contribution in [1.82, 2.24) is 25.1 Å². The van der Waals surface area contributed by atoms with Gasteiger partial charge < -0.3 is 4.74 Å².